The van der Waals surface area contributed by atoms with Gasteiger partial charge in [0.05, 0.1) is 6.61 Å². The van der Waals surface area contributed by atoms with Gasteiger partial charge in [-0.1, -0.05) is 6.92 Å². The van der Waals surface area contributed by atoms with E-state index in [-0.39, 0.29) is 18.5 Å². The van der Waals surface area contributed by atoms with E-state index in [1.54, 1.807) is 12.0 Å². The Bertz CT molecular complexity index is 271. The first-order valence-corrected chi connectivity index (χ1v) is 6.78. The number of carbonyl (C=O) groups excluding carboxylic acids is 1. The van der Waals surface area contributed by atoms with Crippen molar-refractivity contribution in [2.75, 3.05) is 26.8 Å². The third-order valence-electron chi connectivity index (χ3n) is 3.01. The molecule has 0 fully saturated rings. The molecule has 0 aliphatic carbocycles. The van der Waals surface area contributed by atoms with Gasteiger partial charge in [-0.3, -0.25) is 4.79 Å². The summed E-state index contributed by atoms with van der Waals surface area (Å²) in [6, 6.07) is 0.0518. The Balaban J connectivity index is 3.99. The van der Waals surface area contributed by atoms with Crippen LogP contribution >= 0.6 is 0 Å². The molecule has 112 valence electrons. The Kier molecular flexibility index (Phi) is 9.88. The smallest absolute Gasteiger partial charge is 0.317 e. The quantitative estimate of drug-likeness (QED) is 0.594. The van der Waals surface area contributed by atoms with E-state index in [4.69, 9.17) is 9.84 Å². The van der Waals surface area contributed by atoms with Crippen LogP contribution in [-0.4, -0.2) is 54.9 Å². The number of nitrogens with one attached hydrogen (secondary N) is 1. The third-order valence-corrected chi connectivity index (χ3v) is 3.01. The van der Waals surface area contributed by atoms with Crippen LogP contribution in [0.15, 0.2) is 0 Å². The molecule has 0 aromatic carbocycles. The highest BCUT2D eigenvalue weighted by atomic mass is 16.5. The van der Waals surface area contributed by atoms with Crippen molar-refractivity contribution in [3.05, 3.63) is 0 Å². The second-order valence-corrected chi connectivity index (χ2v) is 4.53. The maximum absolute atomic E-state index is 12.0. The molecule has 0 aliphatic rings. The number of hydrogen-bond donors (Lipinski definition) is 2. The van der Waals surface area contributed by atoms with Gasteiger partial charge in [-0.2, -0.15) is 0 Å². The summed E-state index contributed by atoms with van der Waals surface area (Å²) in [4.78, 5) is 24.1. The molecule has 0 heterocycles. The minimum Gasteiger partial charge on any atom is -0.481 e. The van der Waals surface area contributed by atoms with E-state index in [1.165, 1.54) is 0 Å². The van der Waals surface area contributed by atoms with Gasteiger partial charge in [0.2, 0.25) is 0 Å². The van der Waals surface area contributed by atoms with Crippen molar-refractivity contribution < 1.29 is 19.4 Å². The minimum atomic E-state index is -0.798. The average molecular weight is 274 g/mol. The summed E-state index contributed by atoms with van der Waals surface area (Å²) in [5.41, 5.74) is 0. The second-order valence-electron chi connectivity index (χ2n) is 4.53. The number of carboxylic acid groups (broad SMARTS) is 1. The first kappa shape index (κ1) is 17.7. The fourth-order valence-electron chi connectivity index (χ4n) is 1.63. The molecule has 0 aromatic rings. The van der Waals surface area contributed by atoms with E-state index in [9.17, 15) is 9.59 Å². The lowest BCUT2D eigenvalue weighted by Gasteiger charge is -2.28. The zero-order valence-corrected chi connectivity index (χ0v) is 12.1. The maximum atomic E-state index is 12.0. The van der Waals surface area contributed by atoms with E-state index < -0.39 is 5.97 Å². The largest absolute Gasteiger partial charge is 0.481 e. The van der Waals surface area contributed by atoms with Crippen LogP contribution in [0.25, 0.3) is 0 Å². The highest BCUT2D eigenvalue weighted by Gasteiger charge is 2.17. The SMILES string of the molecule is CCC(C)N(CCOC)C(=O)NCCCCC(=O)O. The molecule has 0 aromatic heterocycles. The molecule has 0 aliphatic heterocycles. The number of urea groups is 1. The zero-order valence-electron chi connectivity index (χ0n) is 12.1. The van der Waals surface area contributed by atoms with Crippen molar-refractivity contribution in [1.82, 2.24) is 10.2 Å². The van der Waals surface area contributed by atoms with Crippen LogP contribution in [-0.2, 0) is 9.53 Å². The molecule has 6 nitrogen and oxygen atoms in total. The van der Waals surface area contributed by atoms with Crippen LogP contribution in [0, 0.1) is 0 Å². The fraction of sp³-hybridized carbons (Fsp3) is 0.846. The molecule has 2 amide bonds. The van der Waals surface area contributed by atoms with Gasteiger partial charge in [0.1, 0.15) is 0 Å². The summed E-state index contributed by atoms with van der Waals surface area (Å²) in [7, 11) is 1.61. The monoisotopic (exact) mass is 274 g/mol. The van der Waals surface area contributed by atoms with Crippen LogP contribution in [0.1, 0.15) is 39.5 Å². The molecule has 2 N–H and O–H groups in total. The van der Waals surface area contributed by atoms with Crippen LogP contribution in [0.2, 0.25) is 0 Å². The highest BCUT2D eigenvalue weighted by Crippen LogP contribution is 2.04. The van der Waals surface area contributed by atoms with Gasteiger partial charge in [-0.15, -0.1) is 0 Å². The number of carbonyl (C=O) groups is 2. The lowest BCUT2D eigenvalue weighted by atomic mass is 10.2. The summed E-state index contributed by atoms with van der Waals surface area (Å²) in [5, 5.41) is 11.3. The number of methoxy groups -OCH3 is 1. The van der Waals surface area contributed by atoms with Gasteiger partial charge in [-0.25, -0.2) is 4.79 Å². The van der Waals surface area contributed by atoms with Crippen molar-refractivity contribution >= 4 is 12.0 Å². The predicted octanol–water partition coefficient (Wildman–Crippen LogP) is 1.70. The van der Waals surface area contributed by atoms with Gasteiger partial charge in [0.15, 0.2) is 0 Å². The van der Waals surface area contributed by atoms with E-state index in [0.29, 0.717) is 32.5 Å². The number of rotatable bonds is 10. The molecule has 0 radical (unpaired) electrons. The normalized spacial score (nSPS) is 11.9. The van der Waals surface area contributed by atoms with Crippen LogP contribution in [0.5, 0.6) is 0 Å². The lowest BCUT2D eigenvalue weighted by molar-refractivity contribution is -0.137. The van der Waals surface area contributed by atoms with Gasteiger partial charge >= 0.3 is 12.0 Å². The minimum absolute atomic E-state index is 0.110. The molecule has 19 heavy (non-hydrogen) atoms. The van der Waals surface area contributed by atoms with Gasteiger partial charge in [-0.05, 0) is 26.2 Å². The Morgan fingerprint density at radius 2 is 2.05 bits per heavy atom. The number of amides is 2. The van der Waals surface area contributed by atoms with Gasteiger partial charge in [0, 0.05) is 32.7 Å². The Morgan fingerprint density at radius 3 is 2.58 bits per heavy atom. The Labute approximate surface area is 115 Å². The molecule has 6 heteroatoms. The maximum Gasteiger partial charge on any atom is 0.317 e. The molecule has 0 bridgehead atoms. The third kappa shape index (κ3) is 8.42. The van der Waals surface area contributed by atoms with Gasteiger partial charge < -0.3 is 20.1 Å². The van der Waals surface area contributed by atoms with Crippen LogP contribution < -0.4 is 5.32 Å². The second kappa shape index (κ2) is 10.6. The Morgan fingerprint density at radius 1 is 1.37 bits per heavy atom. The summed E-state index contributed by atoms with van der Waals surface area (Å²) < 4.78 is 5.00. The molecular formula is C13H26N2O4. The molecule has 0 saturated carbocycles. The number of aliphatic carboxylic acids is 1. The lowest BCUT2D eigenvalue weighted by Crippen LogP contribution is -2.46. The fourth-order valence-corrected chi connectivity index (χ4v) is 1.63. The number of unbranched alkanes of at least 4 members (excludes halogenated alkanes) is 1. The first-order valence-electron chi connectivity index (χ1n) is 6.78. The summed E-state index contributed by atoms with van der Waals surface area (Å²) in [6.45, 7) is 5.61. The number of carboxylic acids is 1. The molecule has 0 spiro atoms. The van der Waals surface area contributed by atoms with E-state index >= 15 is 0 Å². The van der Waals surface area contributed by atoms with Crippen LogP contribution in [0.3, 0.4) is 0 Å². The molecule has 1 atom stereocenters. The standard InChI is InChI=1S/C13H26N2O4/c1-4-11(2)15(9-10-19-3)13(18)14-8-6-5-7-12(16)17/h11H,4-10H2,1-3H3,(H,14,18)(H,16,17). The first-order chi connectivity index (χ1) is 9.02. The van der Waals surface area contributed by atoms with E-state index in [1.807, 2.05) is 13.8 Å². The highest BCUT2D eigenvalue weighted by molar-refractivity contribution is 5.74. The Hall–Kier alpha value is -1.30. The summed E-state index contributed by atoms with van der Waals surface area (Å²) in [5.74, 6) is -0.798. The van der Waals surface area contributed by atoms with E-state index in [2.05, 4.69) is 5.32 Å². The number of hydrogen-bond acceptors (Lipinski definition) is 3. The van der Waals surface area contributed by atoms with Crippen molar-refractivity contribution in [2.45, 2.75) is 45.6 Å². The van der Waals surface area contributed by atoms with E-state index in [0.717, 1.165) is 6.42 Å². The topological polar surface area (TPSA) is 78.9 Å². The molecule has 0 saturated heterocycles. The number of nitrogens with zero attached hydrogens (tertiary/aromatic N) is 1. The molecular weight excluding hydrogens is 248 g/mol. The van der Waals surface area contributed by atoms with Crippen molar-refractivity contribution in [3.8, 4) is 0 Å². The average Bonchev–Trinajstić information content (AvgIpc) is 2.38. The predicted molar refractivity (Wildman–Crippen MR) is 73.2 cm³/mol. The van der Waals surface area contributed by atoms with Crippen molar-refractivity contribution in [2.24, 2.45) is 0 Å². The van der Waals surface area contributed by atoms with Crippen LogP contribution in [0.4, 0.5) is 4.79 Å². The molecule has 1 unspecified atom stereocenters. The van der Waals surface area contributed by atoms with Gasteiger partial charge in [0.25, 0.3) is 0 Å². The van der Waals surface area contributed by atoms with Crippen molar-refractivity contribution in [1.29, 1.82) is 0 Å². The number of ether oxygens (including phenoxy) is 1. The van der Waals surface area contributed by atoms with Crippen molar-refractivity contribution in [3.63, 3.8) is 0 Å². The summed E-state index contributed by atoms with van der Waals surface area (Å²) >= 11 is 0. The zero-order chi connectivity index (χ0) is 14.7. The summed E-state index contributed by atoms with van der Waals surface area (Å²) in [6.07, 6.45) is 2.29. The molecule has 0 rings (SSSR count).